The summed E-state index contributed by atoms with van der Waals surface area (Å²) in [4.78, 5) is 11.9. The monoisotopic (exact) mass is 260 g/mol. The van der Waals surface area contributed by atoms with Gasteiger partial charge in [0.2, 0.25) is 0 Å². The Bertz CT molecular complexity index is 576. The Balaban J connectivity index is 2.53. The summed E-state index contributed by atoms with van der Waals surface area (Å²) in [6.07, 6.45) is 0. The van der Waals surface area contributed by atoms with Crippen molar-refractivity contribution in [2.75, 3.05) is 13.7 Å². The van der Waals surface area contributed by atoms with Crippen LogP contribution in [0.3, 0.4) is 0 Å². The van der Waals surface area contributed by atoms with Gasteiger partial charge < -0.3 is 9.47 Å². The lowest BCUT2D eigenvalue weighted by Crippen LogP contribution is -2.11. The molecule has 0 N–H and O–H groups in total. The molecule has 0 spiro atoms. The van der Waals surface area contributed by atoms with E-state index in [9.17, 15) is 4.79 Å². The molecule has 0 amide bonds. The van der Waals surface area contributed by atoms with E-state index in [4.69, 9.17) is 9.47 Å². The molecule has 19 heavy (non-hydrogen) atoms. The normalized spacial score (nSPS) is 10.3. The lowest BCUT2D eigenvalue weighted by molar-refractivity contribution is 0.0510. The molecule has 2 rings (SSSR count). The predicted molar refractivity (Wildman–Crippen MR) is 71.2 cm³/mol. The van der Waals surface area contributed by atoms with Gasteiger partial charge in [0, 0.05) is 12.6 Å². The molecule has 0 radical (unpaired) electrons. The SMILES string of the molecule is CCOC(=O)c1c(OC)c(-c2ccccc2)nn1C. The lowest BCUT2D eigenvalue weighted by Gasteiger charge is -2.05. The van der Waals surface area contributed by atoms with Crippen LogP contribution in [0, 0.1) is 0 Å². The van der Waals surface area contributed by atoms with Crippen LogP contribution in [0.5, 0.6) is 5.75 Å². The van der Waals surface area contributed by atoms with E-state index in [1.165, 1.54) is 11.8 Å². The fourth-order valence-electron chi connectivity index (χ4n) is 1.91. The van der Waals surface area contributed by atoms with Gasteiger partial charge in [0.05, 0.1) is 13.7 Å². The van der Waals surface area contributed by atoms with Crippen molar-refractivity contribution in [3.63, 3.8) is 0 Å². The Morgan fingerprint density at radius 2 is 2.00 bits per heavy atom. The number of nitrogens with zero attached hydrogens (tertiary/aromatic N) is 2. The minimum Gasteiger partial charge on any atom is -0.492 e. The number of ether oxygens (including phenoxy) is 2. The van der Waals surface area contributed by atoms with E-state index < -0.39 is 5.97 Å². The van der Waals surface area contributed by atoms with Crippen LogP contribution >= 0.6 is 0 Å². The first-order valence-electron chi connectivity index (χ1n) is 6.02. The molecule has 5 heteroatoms. The van der Waals surface area contributed by atoms with Gasteiger partial charge in [-0.1, -0.05) is 30.3 Å². The number of methoxy groups -OCH3 is 1. The smallest absolute Gasteiger partial charge is 0.360 e. The second-order valence-corrected chi connectivity index (χ2v) is 3.94. The summed E-state index contributed by atoms with van der Waals surface area (Å²) in [5.74, 6) is 0.00341. The molecule has 0 aliphatic heterocycles. The molecular weight excluding hydrogens is 244 g/mol. The van der Waals surface area contributed by atoms with Gasteiger partial charge in [-0.05, 0) is 6.92 Å². The van der Waals surface area contributed by atoms with Gasteiger partial charge in [-0.3, -0.25) is 4.68 Å². The second-order valence-electron chi connectivity index (χ2n) is 3.94. The van der Waals surface area contributed by atoms with Gasteiger partial charge in [0.1, 0.15) is 5.69 Å². The molecular formula is C14H16N2O3. The summed E-state index contributed by atoms with van der Waals surface area (Å²) in [6, 6.07) is 9.58. The number of benzene rings is 1. The number of aromatic nitrogens is 2. The predicted octanol–water partition coefficient (Wildman–Crippen LogP) is 2.27. The van der Waals surface area contributed by atoms with Crippen molar-refractivity contribution in [1.29, 1.82) is 0 Å². The average molecular weight is 260 g/mol. The van der Waals surface area contributed by atoms with E-state index in [0.717, 1.165) is 5.56 Å². The van der Waals surface area contributed by atoms with Crippen molar-refractivity contribution in [3.8, 4) is 17.0 Å². The third kappa shape index (κ3) is 2.45. The first kappa shape index (κ1) is 13.1. The van der Waals surface area contributed by atoms with Crippen LogP contribution in [0.1, 0.15) is 17.4 Å². The Kier molecular flexibility index (Phi) is 3.85. The van der Waals surface area contributed by atoms with Crippen molar-refractivity contribution < 1.29 is 14.3 Å². The molecule has 1 heterocycles. The average Bonchev–Trinajstić information content (AvgIpc) is 2.76. The van der Waals surface area contributed by atoms with Crippen LogP contribution in [0.4, 0.5) is 0 Å². The van der Waals surface area contributed by atoms with Gasteiger partial charge in [-0.15, -0.1) is 0 Å². The van der Waals surface area contributed by atoms with Crippen LogP contribution in [-0.2, 0) is 11.8 Å². The highest BCUT2D eigenvalue weighted by molar-refractivity contribution is 5.93. The van der Waals surface area contributed by atoms with Crippen molar-refractivity contribution in [2.45, 2.75) is 6.92 Å². The number of aryl methyl sites for hydroxylation is 1. The molecule has 2 aromatic rings. The maximum atomic E-state index is 11.9. The van der Waals surface area contributed by atoms with Crippen molar-refractivity contribution in [1.82, 2.24) is 9.78 Å². The fraction of sp³-hybridized carbons (Fsp3) is 0.286. The Hall–Kier alpha value is -2.30. The number of hydrogen-bond donors (Lipinski definition) is 0. The van der Waals surface area contributed by atoms with Crippen LogP contribution in [-0.4, -0.2) is 29.5 Å². The first-order valence-corrected chi connectivity index (χ1v) is 6.02. The minimum atomic E-state index is -0.434. The van der Waals surface area contributed by atoms with Crippen LogP contribution in [0.15, 0.2) is 30.3 Å². The molecule has 0 saturated carbocycles. The van der Waals surface area contributed by atoms with Crippen molar-refractivity contribution >= 4 is 5.97 Å². The molecule has 0 saturated heterocycles. The zero-order valence-electron chi connectivity index (χ0n) is 11.2. The third-order valence-corrected chi connectivity index (χ3v) is 2.72. The minimum absolute atomic E-state index is 0.313. The van der Waals surface area contributed by atoms with E-state index in [1.807, 2.05) is 30.3 Å². The van der Waals surface area contributed by atoms with E-state index in [2.05, 4.69) is 5.10 Å². The van der Waals surface area contributed by atoms with E-state index >= 15 is 0 Å². The second kappa shape index (κ2) is 5.56. The zero-order chi connectivity index (χ0) is 13.8. The summed E-state index contributed by atoms with van der Waals surface area (Å²) in [7, 11) is 3.22. The Morgan fingerprint density at radius 3 is 2.58 bits per heavy atom. The van der Waals surface area contributed by atoms with Crippen molar-refractivity contribution in [3.05, 3.63) is 36.0 Å². The Labute approximate surface area is 111 Å². The number of carbonyl (C=O) groups is 1. The van der Waals surface area contributed by atoms with Crippen molar-refractivity contribution in [2.24, 2.45) is 7.05 Å². The zero-order valence-corrected chi connectivity index (χ0v) is 11.2. The molecule has 0 aliphatic carbocycles. The number of rotatable bonds is 4. The largest absolute Gasteiger partial charge is 0.492 e. The van der Waals surface area contributed by atoms with Crippen LogP contribution in [0.2, 0.25) is 0 Å². The standard InChI is InChI=1S/C14H16N2O3/c1-4-19-14(17)12-13(18-3)11(15-16(12)2)10-8-6-5-7-9-10/h5-9H,4H2,1-3H3. The third-order valence-electron chi connectivity index (χ3n) is 2.72. The summed E-state index contributed by atoms with van der Waals surface area (Å²) >= 11 is 0. The highest BCUT2D eigenvalue weighted by atomic mass is 16.5. The molecule has 1 aromatic heterocycles. The highest BCUT2D eigenvalue weighted by Gasteiger charge is 2.24. The summed E-state index contributed by atoms with van der Waals surface area (Å²) in [5, 5.41) is 4.35. The Morgan fingerprint density at radius 1 is 1.32 bits per heavy atom. The molecule has 0 unspecified atom stereocenters. The molecule has 0 aliphatic rings. The van der Waals surface area contributed by atoms with E-state index in [0.29, 0.717) is 23.7 Å². The molecule has 1 aromatic carbocycles. The molecule has 0 fully saturated rings. The van der Waals surface area contributed by atoms with Crippen LogP contribution in [0.25, 0.3) is 11.3 Å². The number of esters is 1. The first-order chi connectivity index (χ1) is 9.19. The lowest BCUT2D eigenvalue weighted by atomic mass is 10.1. The van der Waals surface area contributed by atoms with E-state index in [1.54, 1.807) is 14.0 Å². The molecule has 5 nitrogen and oxygen atoms in total. The summed E-state index contributed by atoms with van der Waals surface area (Å²) in [5.41, 5.74) is 1.85. The number of hydrogen-bond acceptors (Lipinski definition) is 4. The topological polar surface area (TPSA) is 53.4 Å². The quantitative estimate of drug-likeness (QED) is 0.791. The maximum Gasteiger partial charge on any atom is 0.360 e. The van der Waals surface area contributed by atoms with Gasteiger partial charge in [0.25, 0.3) is 0 Å². The van der Waals surface area contributed by atoms with Gasteiger partial charge in [-0.25, -0.2) is 4.79 Å². The van der Waals surface area contributed by atoms with Gasteiger partial charge >= 0.3 is 5.97 Å². The summed E-state index contributed by atoms with van der Waals surface area (Å²) in [6.45, 7) is 2.08. The van der Waals surface area contributed by atoms with Gasteiger partial charge in [0.15, 0.2) is 11.4 Å². The summed E-state index contributed by atoms with van der Waals surface area (Å²) < 4.78 is 11.8. The molecule has 0 atom stereocenters. The highest BCUT2D eigenvalue weighted by Crippen LogP contribution is 2.32. The van der Waals surface area contributed by atoms with E-state index in [-0.39, 0.29) is 0 Å². The fourth-order valence-corrected chi connectivity index (χ4v) is 1.91. The number of carbonyl (C=O) groups excluding carboxylic acids is 1. The van der Waals surface area contributed by atoms with Gasteiger partial charge in [-0.2, -0.15) is 5.10 Å². The van der Waals surface area contributed by atoms with Crippen LogP contribution < -0.4 is 4.74 Å². The molecule has 0 bridgehead atoms. The maximum absolute atomic E-state index is 11.9. The molecule has 100 valence electrons.